The number of nitrogens with zero attached hydrogens (tertiary/aromatic N) is 2. The van der Waals surface area contributed by atoms with Gasteiger partial charge in [0, 0.05) is 7.11 Å². The molecule has 2 rings (SSSR count). The van der Waals surface area contributed by atoms with Crippen LogP contribution in [-0.4, -0.2) is 17.3 Å². The first-order chi connectivity index (χ1) is 8.86. The van der Waals surface area contributed by atoms with Crippen LogP contribution < -0.4 is 5.73 Å². The van der Waals surface area contributed by atoms with E-state index >= 15 is 0 Å². The molecule has 7 heteroatoms. The van der Waals surface area contributed by atoms with E-state index in [9.17, 15) is 0 Å². The number of benzene rings is 1. The zero-order valence-corrected chi connectivity index (χ0v) is 12.2. The summed E-state index contributed by atoms with van der Waals surface area (Å²) in [4.78, 5) is 4.26. The number of anilines is 1. The molecule has 0 spiro atoms. The lowest BCUT2D eigenvalue weighted by Gasteiger charge is -2.17. The molecule has 5 nitrogen and oxygen atoms in total. The smallest absolute Gasteiger partial charge is 0.261 e. The van der Waals surface area contributed by atoms with Gasteiger partial charge in [-0.1, -0.05) is 28.4 Å². The van der Waals surface area contributed by atoms with Crippen molar-refractivity contribution in [2.24, 2.45) is 0 Å². The molecule has 2 aromatic rings. The van der Waals surface area contributed by atoms with Crippen LogP contribution in [0.1, 0.15) is 19.7 Å². The molecule has 0 amide bonds. The Balaban J connectivity index is 2.53. The summed E-state index contributed by atoms with van der Waals surface area (Å²) in [6.07, 6.45) is 0. The summed E-state index contributed by atoms with van der Waals surface area (Å²) in [5.41, 5.74) is 5.96. The lowest BCUT2D eigenvalue weighted by Crippen LogP contribution is -2.21. The van der Waals surface area contributed by atoms with Crippen molar-refractivity contribution in [1.29, 1.82) is 0 Å². The number of methoxy groups -OCH3 is 1. The SMILES string of the molecule is COC(C)(C)c1noc(-c2c(Cl)ccc(Cl)c2N)n1. The molecule has 1 heterocycles. The fourth-order valence-electron chi connectivity index (χ4n) is 1.45. The highest BCUT2D eigenvalue weighted by molar-refractivity contribution is 6.37. The van der Waals surface area contributed by atoms with Gasteiger partial charge in [0.05, 0.1) is 21.3 Å². The van der Waals surface area contributed by atoms with Gasteiger partial charge in [-0.15, -0.1) is 0 Å². The Morgan fingerprint density at radius 1 is 1.26 bits per heavy atom. The largest absolute Gasteiger partial charge is 0.397 e. The van der Waals surface area contributed by atoms with Crippen LogP contribution in [0.15, 0.2) is 16.7 Å². The Morgan fingerprint density at radius 3 is 2.53 bits per heavy atom. The minimum atomic E-state index is -0.665. The summed E-state index contributed by atoms with van der Waals surface area (Å²) in [5, 5.41) is 4.65. The van der Waals surface area contributed by atoms with Gasteiger partial charge >= 0.3 is 0 Å². The first kappa shape index (κ1) is 14.1. The van der Waals surface area contributed by atoms with Gasteiger partial charge in [0.15, 0.2) is 0 Å². The first-order valence-corrected chi connectivity index (χ1v) is 6.25. The number of nitrogens with two attached hydrogens (primary N) is 1. The second-order valence-electron chi connectivity index (χ2n) is 4.46. The molecule has 0 bridgehead atoms. The number of aromatic nitrogens is 2. The zero-order valence-electron chi connectivity index (χ0n) is 10.7. The third kappa shape index (κ3) is 2.54. The molecule has 1 aromatic carbocycles. The van der Waals surface area contributed by atoms with Gasteiger partial charge < -0.3 is 15.0 Å². The van der Waals surface area contributed by atoms with Gasteiger partial charge in [-0.3, -0.25) is 0 Å². The zero-order chi connectivity index (χ0) is 14.2. The molecule has 0 aliphatic carbocycles. The molecule has 2 N–H and O–H groups in total. The van der Waals surface area contributed by atoms with Crippen LogP contribution in [0, 0.1) is 0 Å². The number of halogens is 2. The van der Waals surface area contributed by atoms with Gasteiger partial charge in [-0.25, -0.2) is 0 Å². The van der Waals surface area contributed by atoms with Crippen molar-refractivity contribution >= 4 is 28.9 Å². The Labute approximate surface area is 120 Å². The van der Waals surface area contributed by atoms with E-state index in [-0.39, 0.29) is 5.89 Å². The number of hydrogen-bond acceptors (Lipinski definition) is 5. The minimum absolute atomic E-state index is 0.213. The van der Waals surface area contributed by atoms with E-state index in [2.05, 4.69) is 10.1 Å². The lowest BCUT2D eigenvalue weighted by molar-refractivity contribution is 0.00973. The molecule has 0 unspecified atom stereocenters. The standard InChI is InChI=1S/C12H13Cl2N3O2/c1-12(2,18-3)11-16-10(19-17-11)8-6(13)4-5-7(14)9(8)15/h4-5H,15H2,1-3H3. The van der Waals surface area contributed by atoms with E-state index in [0.29, 0.717) is 27.1 Å². The third-order valence-electron chi connectivity index (χ3n) is 2.83. The average molecular weight is 302 g/mol. The summed E-state index contributed by atoms with van der Waals surface area (Å²) >= 11 is 12.1. The predicted octanol–water partition coefficient (Wildman–Crippen LogP) is 3.51. The number of rotatable bonds is 3. The second-order valence-corrected chi connectivity index (χ2v) is 5.27. The maximum Gasteiger partial charge on any atom is 0.261 e. The molecule has 0 aliphatic rings. The molecule has 0 atom stereocenters. The maximum absolute atomic E-state index is 6.10. The predicted molar refractivity (Wildman–Crippen MR) is 74.2 cm³/mol. The molecule has 0 radical (unpaired) electrons. The first-order valence-electron chi connectivity index (χ1n) is 5.50. The molecule has 0 saturated heterocycles. The van der Waals surface area contributed by atoms with Crippen molar-refractivity contribution in [3.8, 4) is 11.5 Å². The summed E-state index contributed by atoms with van der Waals surface area (Å²) in [7, 11) is 1.57. The highest BCUT2D eigenvalue weighted by atomic mass is 35.5. The number of nitrogen functional groups attached to an aromatic ring is 1. The van der Waals surface area contributed by atoms with Crippen molar-refractivity contribution in [2.45, 2.75) is 19.4 Å². The molecule has 0 saturated carbocycles. The number of hydrogen-bond donors (Lipinski definition) is 1. The van der Waals surface area contributed by atoms with E-state index in [1.165, 1.54) is 0 Å². The monoisotopic (exact) mass is 301 g/mol. The average Bonchev–Trinajstić information content (AvgIpc) is 2.84. The van der Waals surface area contributed by atoms with E-state index in [4.69, 9.17) is 38.2 Å². The fourth-order valence-corrected chi connectivity index (χ4v) is 1.85. The normalized spacial score (nSPS) is 11.8. The van der Waals surface area contributed by atoms with Crippen LogP contribution in [0.3, 0.4) is 0 Å². The Bertz CT molecular complexity index is 611. The summed E-state index contributed by atoms with van der Waals surface area (Å²) < 4.78 is 10.5. The van der Waals surface area contributed by atoms with E-state index in [1.807, 2.05) is 13.8 Å². The summed E-state index contributed by atoms with van der Waals surface area (Å²) in [6.45, 7) is 3.65. The Hall–Kier alpha value is -1.30. The van der Waals surface area contributed by atoms with Crippen LogP contribution >= 0.6 is 23.2 Å². The number of ether oxygens (including phenoxy) is 1. The summed E-state index contributed by atoms with van der Waals surface area (Å²) in [5.74, 6) is 0.616. The summed E-state index contributed by atoms with van der Waals surface area (Å²) in [6, 6.07) is 3.24. The molecule has 19 heavy (non-hydrogen) atoms. The van der Waals surface area contributed by atoms with Crippen molar-refractivity contribution in [3.63, 3.8) is 0 Å². The van der Waals surface area contributed by atoms with Crippen LogP contribution in [0.4, 0.5) is 5.69 Å². The highest BCUT2D eigenvalue weighted by Gasteiger charge is 2.27. The van der Waals surface area contributed by atoms with Crippen LogP contribution in [0.5, 0.6) is 0 Å². The fraction of sp³-hybridized carbons (Fsp3) is 0.333. The Kier molecular flexibility index (Phi) is 3.71. The van der Waals surface area contributed by atoms with Gasteiger partial charge in [0.25, 0.3) is 5.89 Å². The molecular weight excluding hydrogens is 289 g/mol. The van der Waals surface area contributed by atoms with E-state index in [1.54, 1.807) is 19.2 Å². The minimum Gasteiger partial charge on any atom is -0.397 e. The van der Waals surface area contributed by atoms with Gasteiger partial charge in [0.2, 0.25) is 5.82 Å². The van der Waals surface area contributed by atoms with Crippen molar-refractivity contribution in [1.82, 2.24) is 10.1 Å². The van der Waals surface area contributed by atoms with Crippen molar-refractivity contribution in [3.05, 3.63) is 28.0 Å². The molecule has 1 aromatic heterocycles. The maximum atomic E-state index is 6.10. The second kappa shape index (κ2) is 5.00. The van der Waals surface area contributed by atoms with Gasteiger partial charge in [-0.2, -0.15) is 4.98 Å². The highest BCUT2D eigenvalue weighted by Crippen LogP contribution is 2.37. The molecular formula is C12H13Cl2N3O2. The molecule has 0 fully saturated rings. The lowest BCUT2D eigenvalue weighted by atomic mass is 10.1. The van der Waals surface area contributed by atoms with Crippen LogP contribution in [-0.2, 0) is 10.3 Å². The van der Waals surface area contributed by atoms with E-state index < -0.39 is 5.60 Å². The third-order valence-corrected chi connectivity index (χ3v) is 3.47. The van der Waals surface area contributed by atoms with Gasteiger partial charge in [-0.05, 0) is 26.0 Å². The van der Waals surface area contributed by atoms with Crippen LogP contribution in [0.25, 0.3) is 11.5 Å². The van der Waals surface area contributed by atoms with Crippen molar-refractivity contribution in [2.75, 3.05) is 12.8 Å². The Morgan fingerprint density at radius 2 is 1.89 bits per heavy atom. The van der Waals surface area contributed by atoms with E-state index in [0.717, 1.165) is 0 Å². The van der Waals surface area contributed by atoms with Gasteiger partial charge in [0.1, 0.15) is 5.60 Å². The quantitative estimate of drug-likeness (QED) is 0.878. The molecule has 102 valence electrons. The topological polar surface area (TPSA) is 74.2 Å². The van der Waals surface area contributed by atoms with Crippen LogP contribution in [0.2, 0.25) is 10.0 Å². The van der Waals surface area contributed by atoms with Crippen molar-refractivity contribution < 1.29 is 9.26 Å². The molecule has 0 aliphatic heterocycles.